The maximum atomic E-state index is 12.6. The van der Waals surface area contributed by atoms with E-state index in [9.17, 15) is 4.79 Å². The van der Waals surface area contributed by atoms with Gasteiger partial charge in [0.15, 0.2) is 5.43 Å². The van der Waals surface area contributed by atoms with Gasteiger partial charge in [0, 0.05) is 22.7 Å². The SMILES string of the molecule is CC(Cl)CCCn1c2ccccc2c(=O)c2ccccc21. The highest BCUT2D eigenvalue weighted by molar-refractivity contribution is 6.20. The minimum absolute atomic E-state index is 0.114. The average Bonchev–Trinajstić information content (AvgIpc) is 2.50. The van der Waals surface area contributed by atoms with Gasteiger partial charge in [-0.1, -0.05) is 24.3 Å². The number of hydrogen-bond donors (Lipinski definition) is 0. The lowest BCUT2D eigenvalue weighted by molar-refractivity contribution is 0.629. The van der Waals surface area contributed by atoms with Crippen LogP contribution in [-0.4, -0.2) is 9.94 Å². The maximum absolute atomic E-state index is 12.6. The van der Waals surface area contributed by atoms with E-state index in [2.05, 4.69) is 4.57 Å². The number of aryl methyl sites for hydroxylation is 1. The summed E-state index contributed by atoms with van der Waals surface area (Å²) in [5, 5.41) is 1.76. The molecule has 1 heterocycles. The second-order valence-electron chi connectivity index (χ2n) is 5.44. The number of halogens is 1. The van der Waals surface area contributed by atoms with Gasteiger partial charge in [-0.05, 0) is 44.0 Å². The minimum Gasteiger partial charge on any atom is -0.340 e. The monoisotopic (exact) mass is 299 g/mol. The van der Waals surface area contributed by atoms with Gasteiger partial charge in [-0.25, -0.2) is 0 Å². The molecule has 0 aliphatic rings. The lowest BCUT2D eigenvalue weighted by Crippen LogP contribution is -2.12. The smallest absolute Gasteiger partial charge is 0.197 e. The Kier molecular flexibility index (Phi) is 3.98. The predicted octanol–water partition coefficient (Wildman–Crippen LogP) is 4.56. The van der Waals surface area contributed by atoms with Crippen molar-refractivity contribution in [2.45, 2.75) is 31.7 Å². The first-order chi connectivity index (χ1) is 10.2. The summed E-state index contributed by atoms with van der Waals surface area (Å²) >= 11 is 6.05. The molecule has 21 heavy (non-hydrogen) atoms. The van der Waals surface area contributed by atoms with Crippen molar-refractivity contribution in [2.24, 2.45) is 0 Å². The van der Waals surface area contributed by atoms with Crippen LogP contribution in [0.15, 0.2) is 53.3 Å². The first-order valence-corrected chi connectivity index (χ1v) is 7.76. The van der Waals surface area contributed by atoms with Crippen molar-refractivity contribution >= 4 is 33.4 Å². The molecule has 0 N–H and O–H groups in total. The molecule has 3 aromatic rings. The summed E-state index contributed by atoms with van der Waals surface area (Å²) in [4.78, 5) is 12.6. The van der Waals surface area contributed by atoms with Crippen molar-refractivity contribution in [3.63, 3.8) is 0 Å². The molecule has 0 fully saturated rings. The quantitative estimate of drug-likeness (QED) is 0.511. The van der Waals surface area contributed by atoms with E-state index in [0.29, 0.717) is 0 Å². The fraction of sp³-hybridized carbons (Fsp3) is 0.278. The van der Waals surface area contributed by atoms with Crippen molar-refractivity contribution in [1.29, 1.82) is 0 Å². The summed E-state index contributed by atoms with van der Waals surface area (Å²) in [6.07, 6.45) is 1.97. The van der Waals surface area contributed by atoms with Crippen LogP contribution in [0.3, 0.4) is 0 Å². The average molecular weight is 300 g/mol. The van der Waals surface area contributed by atoms with Gasteiger partial charge in [0.1, 0.15) is 0 Å². The molecule has 0 spiro atoms. The van der Waals surface area contributed by atoms with Crippen LogP contribution in [0.25, 0.3) is 21.8 Å². The number of para-hydroxylation sites is 2. The molecule has 3 rings (SSSR count). The van der Waals surface area contributed by atoms with Gasteiger partial charge in [0.05, 0.1) is 11.0 Å². The molecule has 0 saturated carbocycles. The Morgan fingerprint density at radius 3 is 2.05 bits per heavy atom. The van der Waals surface area contributed by atoms with Crippen LogP contribution in [0.2, 0.25) is 0 Å². The zero-order chi connectivity index (χ0) is 14.8. The Morgan fingerprint density at radius 1 is 1.00 bits per heavy atom. The fourth-order valence-corrected chi connectivity index (χ4v) is 3.00. The standard InChI is InChI=1S/C18H18ClNO/c1-13(19)7-6-12-20-16-10-4-2-8-14(16)18(21)15-9-3-5-11-17(15)20/h2-5,8-11,13H,6-7,12H2,1H3. The van der Waals surface area contributed by atoms with E-state index in [0.717, 1.165) is 41.2 Å². The topological polar surface area (TPSA) is 22.0 Å². The third-order valence-corrected chi connectivity index (χ3v) is 4.08. The normalized spacial score (nSPS) is 12.9. The van der Waals surface area contributed by atoms with E-state index in [1.807, 2.05) is 55.5 Å². The van der Waals surface area contributed by atoms with Crippen LogP contribution in [0.4, 0.5) is 0 Å². The molecule has 0 aliphatic carbocycles. The number of nitrogens with zero attached hydrogens (tertiary/aromatic N) is 1. The lowest BCUT2D eigenvalue weighted by Gasteiger charge is -2.15. The number of benzene rings is 2. The van der Waals surface area contributed by atoms with E-state index >= 15 is 0 Å². The molecule has 2 aromatic carbocycles. The maximum Gasteiger partial charge on any atom is 0.197 e. The molecule has 0 saturated heterocycles. The Hall–Kier alpha value is -1.80. The summed E-state index contributed by atoms with van der Waals surface area (Å²) in [6.45, 7) is 2.89. The second kappa shape index (κ2) is 5.90. The molecule has 0 aliphatic heterocycles. The number of alkyl halides is 1. The molecular formula is C18H18ClNO. The highest BCUT2D eigenvalue weighted by Gasteiger charge is 2.09. The van der Waals surface area contributed by atoms with Crippen LogP contribution in [0.5, 0.6) is 0 Å². The Balaban J connectivity index is 2.22. The first-order valence-electron chi connectivity index (χ1n) is 7.33. The number of hydrogen-bond acceptors (Lipinski definition) is 1. The van der Waals surface area contributed by atoms with Gasteiger partial charge in [0.25, 0.3) is 0 Å². The molecule has 0 amide bonds. The van der Waals surface area contributed by atoms with Crippen molar-refractivity contribution in [3.05, 3.63) is 58.8 Å². The zero-order valence-electron chi connectivity index (χ0n) is 12.1. The van der Waals surface area contributed by atoms with Crippen LogP contribution < -0.4 is 5.43 Å². The fourth-order valence-electron chi connectivity index (χ4n) is 2.85. The first kappa shape index (κ1) is 14.2. The molecular weight excluding hydrogens is 282 g/mol. The zero-order valence-corrected chi connectivity index (χ0v) is 12.8. The van der Waals surface area contributed by atoms with Crippen molar-refractivity contribution in [1.82, 2.24) is 4.57 Å². The molecule has 108 valence electrons. The van der Waals surface area contributed by atoms with Crippen molar-refractivity contribution in [2.75, 3.05) is 0 Å². The van der Waals surface area contributed by atoms with Gasteiger partial charge < -0.3 is 4.57 Å². The Bertz CT molecular complexity index is 775. The summed E-state index contributed by atoms with van der Waals surface area (Å²) in [6, 6.07) is 15.7. The van der Waals surface area contributed by atoms with Gasteiger partial charge in [-0.15, -0.1) is 11.6 Å². The molecule has 1 atom stereocenters. The summed E-state index contributed by atoms with van der Waals surface area (Å²) in [5.74, 6) is 0. The van der Waals surface area contributed by atoms with E-state index in [-0.39, 0.29) is 10.8 Å². The van der Waals surface area contributed by atoms with E-state index < -0.39 is 0 Å². The van der Waals surface area contributed by atoms with Gasteiger partial charge >= 0.3 is 0 Å². The number of aromatic nitrogens is 1. The highest BCUT2D eigenvalue weighted by Crippen LogP contribution is 2.20. The number of rotatable bonds is 4. The Morgan fingerprint density at radius 2 is 1.52 bits per heavy atom. The molecule has 1 unspecified atom stereocenters. The minimum atomic E-state index is 0.114. The van der Waals surface area contributed by atoms with Crippen LogP contribution >= 0.6 is 11.6 Å². The number of pyridine rings is 1. The molecule has 1 aromatic heterocycles. The molecule has 0 bridgehead atoms. The Labute approximate surface area is 129 Å². The number of fused-ring (bicyclic) bond motifs is 2. The molecule has 3 heteroatoms. The van der Waals surface area contributed by atoms with E-state index in [4.69, 9.17) is 11.6 Å². The van der Waals surface area contributed by atoms with Crippen molar-refractivity contribution in [3.8, 4) is 0 Å². The van der Waals surface area contributed by atoms with E-state index in [1.54, 1.807) is 0 Å². The van der Waals surface area contributed by atoms with Crippen LogP contribution in [-0.2, 0) is 6.54 Å². The van der Waals surface area contributed by atoms with Crippen LogP contribution in [0, 0.1) is 0 Å². The molecule has 2 nitrogen and oxygen atoms in total. The second-order valence-corrected chi connectivity index (χ2v) is 6.18. The summed E-state index contributed by atoms with van der Waals surface area (Å²) < 4.78 is 2.24. The third kappa shape index (κ3) is 2.68. The third-order valence-electron chi connectivity index (χ3n) is 3.86. The van der Waals surface area contributed by atoms with Crippen molar-refractivity contribution < 1.29 is 0 Å². The van der Waals surface area contributed by atoms with Gasteiger partial charge in [-0.3, -0.25) is 4.79 Å². The lowest BCUT2D eigenvalue weighted by atomic mass is 10.1. The van der Waals surface area contributed by atoms with Gasteiger partial charge in [-0.2, -0.15) is 0 Å². The molecule has 0 radical (unpaired) electrons. The largest absolute Gasteiger partial charge is 0.340 e. The van der Waals surface area contributed by atoms with E-state index in [1.165, 1.54) is 0 Å². The summed E-state index contributed by atoms with van der Waals surface area (Å²) in [5.41, 5.74) is 2.12. The summed E-state index contributed by atoms with van der Waals surface area (Å²) in [7, 11) is 0. The van der Waals surface area contributed by atoms with Crippen LogP contribution in [0.1, 0.15) is 19.8 Å². The predicted molar refractivity (Wildman–Crippen MR) is 90.3 cm³/mol. The highest BCUT2D eigenvalue weighted by atomic mass is 35.5. The van der Waals surface area contributed by atoms with Gasteiger partial charge in [0.2, 0.25) is 0 Å².